The molecule has 0 unspecified atom stereocenters. The van der Waals surface area contributed by atoms with Gasteiger partial charge in [0, 0.05) is 6.54 Å². The number of nitrogens with zero attached hydrogens (tertiary/aromatic N) is 2. The second-order valence-electron chi connectivity index (χ2n) is 2.41. The zero-order valence-electron chi connectivity index (χ0n) is 7.65. The summed E-state index contributed by atoms with van der Waals surface area (Å²) in [5.41, 5.74) is 0.115. The monoisotopic (exact) mass is 184 g/mol. The van der Waals surface area contributed by atoms with Crippen molar-refractivity contribution in [2.24, 2.45) is 0 Å². The van der Waals surface area contributed by atoms with Gasteiger partial charge in [-0.1, -0.05) is 0 Å². The van der Waals surface area contributed by atoms with E-state index in [-0.39, 0.29) is 5.69 Å². The van der Waals surface area contributed by atoms with Crippen LogP contribution in [0.4, 0.5) is 0 Å². The van der Waals surface area contributed by atoms with Crippen LogP contribution in [-0.4, -0.2) is 27.5 Å². The molecule has 1 heterocycles. The van der Waals surface area contributed by atoms with Gasteiger partial charge in [-0.05, 0) is 13.8 Å². The molecule has 1 rings (SSSR count). The van der Waals surface area contributed by atoms with Crippen LogP contribution >= 0.6 is 0 Å². The number of hydrogen-bond donors (Lipinski definition) is 1. The van der Waals surface area contributed by atoms with E-state index in [0.29, 0.717) is 18.9 Å². The van der Waals surface area contributed by atoms with Crippen molar-refractivity contribution in [2.75, 3.05) is 6.61 Å². The molecule has 0 aromatic carbocycles. The summed E-state index contributed by atoms with van der Waals surface area (Å²) in [4.78, 5) is 10.8. The molecule has 0 aliphatic heterocycles. The van der Waals surface area contributed by atoms with Crippen molar-refractivity contribution in [3.8, 4) is 5.75 Å². The lowest BCUT2D eigenvalue weighted by atomic mass is 10.4. The molecule has 0 atom stereocenters. The first-order valence-corrected chi connectivity index (χ1v) is 4.12. The first-order valence-electron chi connectivity index (χ1n) is 4.12. The van der Waals surface area contributed by atoms with E-state index >= 15 is 0 Å². The quantitative estimate of drug-likeness (QED) is 0.758. The van der Waals surface area contributed by atoms with Crippen LogP contribution in [-0.2, 0) is 6.54 Å². The summed E-state index contributed by atoms with van der Waals surface area (Å²) in [7, 11) is 0. The van der Waals surface area contributed by atoms with E-state index in [1.807, 2.05) is 6.92 Å². The molecule has 0 fully saturated rings. The number of ether oxygens (including phenoxy) is 1. The van der Waals surface area contributed by atoms with E-state index in [0.717, 1.165) is 0 Å². The number of carboxylic acids is 1. The van der Waals surface area contributed by atoms with Gasteiger partial charge in [-0.25, -0.2) is 4.79 Å². The molecule has 1 aromatic rings. The Kier molecular flexibility index (Phi) is 2.89. The lowest BCUT2D eigenvalue weighted by molar-refractivity contribution is 0.0679. The Balaban J connectivity index is 3.06. The fourth-order valence-corrected chi connectivity index (χ4v) is 1.08. The number of aryl methyl sites for hydroxylation is 1. The van der Waals surface area contributed by atoms with Gasteiger partial charge in [0.2, 0.25) is 0 Å². The Bertz CT molecular complexity index is 306. The van der Waals surface area contributed by atoms with E-state index in [1.54, 1.807) is 6.92 Å². The Labute approximate surface area is 75.9 Å². The van der Waals surface area contributed by atoms with Crippen LogP contribution in [0.5, 0.6) is 5.75 Å². The molecule has 0 saturated carbocycles. The minimum Gasteiger partial charge on any atom is -0.490 e. The minimum absolute atomic E-state index is 0.115. The van der Waals surface area contributed by atoms with Crippen molar-refractivity contribution < 1.29 is 14.6 Å². The Morgan fingerprint density at radius 1 is 1.69 bits per heavy atom. The molecule has 0 amide bonds. The van der Waals surface area contributed by atoms with E-state index in [1.165, 1.54) is 10.9 Å². The summed E-state index contributed by atoms with van der Waals surface area (Å²) in [5.74, 6) is -0.681. The first kappa shape index (κ1) is 9.57. The van der Waals surface area contributed by atoms with Crippen molar-refractivity contribution in [1.29, 1.82) is 0 Å². The topological polar surface area (TPSA) is 64.4 Å². The van der Waals surface area contributed by atoms with Gasteiger partial charge >= 0.3 is 5.97 Å². The van der Waals surface area contributed by atoms with Crippen LogP contribution in [0.1, 0.15) is 24.3 Å². The molecular formula is C8H12N2O3. The van der Waals surface area contributed by atoms with E-state index < -0.39 is 5.97 Å². The molecule has 72 valence electrons. The highest BCUT2D eigenvalue weighted by Gasteiger charge is 2.17. The molecule has 0 bridgehead atoms. The van der Waals surface area contributed by atoms with Gasteiger partial charge in [0.1, 0.15) is 0 Å². The third-order valence-electron chi connectivity index (χ3n) is 1.61. The largest absolute Gasteiger partial charge is 0.490 e. The van der Waals surface area contributed by atoms with Crippen molar-refractivity contribution in [3.63, 3.8) is 0 Å². The van der Waals surface area contributed by atoms with Crippen molar-refractivity contribution in [2.45, 2.75) is 20.4 Å². The maximum atomic E-state index is 10.8. The zero-order chi connectivity index (χ0) is 9.84. The van der Waals surface area contributed by atoms with Crippen LogP contribution in [0.25, 0.3) is 0 Å². The predicted molar refractivity (Wildman–Crippen MR) is 46.0 cm³/mol. The molecule has 13 heavy (non-hydrogen) atoms. The maximum Gasteiger partial charge on any atom is 0.358 e. The van der Waals surface area contributed by atoms with Crippen LogP contribution < -0.4 is 4.74 Å². The zero-order valence-corrected chi connectivity index (χ0v) is 7.65. The smallest absolute Gasteiger partial charge is 0.358 e. The molecule has 1 N–H and O–H groups in total. The highest BCUT2D eigenvalue weighted by molar-refractivity contribution is 5.88. The summed E-state index contributed by atoms with van der Waals surface area (Å²) < 4.78 is 6.51. The fraction of sp³-hybridized carbons (Fsp3) is 0.500. The van der Waals surface area contributed by atoms with Crippen molar-refractivity contribution >= 4 is 5.97 Å². The summed E-state index contributed by atoms with van der Waals surface area (Å²) in [6, 6.07) is 0. The highest BCUT2D eigenvalue weighted by atomic mass is 16.5. The molecular weight excluding hydrogens is 172 g/mol. The van der Waals surface area contributed by atoms with Crippen LogP contribution in [0.3, 0.4) is 0 Å². The summed E-state index contributed by atoms with van der Waals surface area (Å²) in [6.45, 7) is 4.59. The summed E-state index contributed by atoms with van der Waals surface area (Å²) in [5, 5.41) is 12.7. The van der Waals surface area contributed by atoms with Gasteiger partial charge in [-0.3, -0.25) is 4.68 Å². The van der Waals surface area contributed by atoms with Crippen molar-refractivity contribution in [3.05, 3.63) is 11.9 Å². The molecule has 0 spiro atoms. The van der Waals surface area contributed by atoms with Crippen LogP contribution in [0.15, 0.2) is 6.20 Å². The van der Waals surface area contributed by atoms with Crippen LogP contribution in [0.2, 0.25) is 0 Å². The molecule has 5 nitrogen and oxygen atoms in total. The normalized spacial score (nSPS) is 10.0. The van der Waals surface area contributed by atoms with E-state index in [9.17, 15) is 4.79 Å². The van der Waals surface area contributed by atoms with E-state index in [4.69, 9.17) is 9.84 Å². The number of aromatic nitrogens is 2. The molecule has 0 saturated heterocycles. The first-order chi connectivity index (χ1) is 6.20. The molecule has 1 aromatic heterocycles. The maximum absolute atomic E-state index is 10.8. The minimum atomic E-state index is -1.01. The SMILES string of the molecule is CCOc1cnn(CC)c1C(=O)O. The summed E-state index contributed by atoms with van der Waals surface area (Å²) >= 11 is 0. The van der Waals surface area contributed by atoms with Gasteiger partial charge in [0.25, 0.3) is 0 Å². The van der Waals surface area contributed by atoms with Gasteiger partial charge in [-0.15, -0.1) is 0 Å². The number of hydrogen-bond acceptors (Lipinski definition) is 3. The number of aromatic carboxylic acids is 1. The van der Waals surface area contributed by atoms with Gasteiger partial charge in [0.15, 0.2) is 11.4 Å². The third-order valence-corrected chi connectivity index (χ3v) is 1.61. The Hall–Kier alpha value is -1.52. The predicted octanol–water partition coefficient (Wildman–Crippen LogP) is 1.000. The number of rotatable bonds is 4. The van der Waals surface area contributed by atoms with Gasteiger partial charge in [0.05, 0.1) is 12.8 Å². The van der Waals surface area contributed by atoms with E-state index in [2.05, 4.69) is 5.10 Å². The Morgan fingerprint density at radius 3 is 2.85 bits per heavy atom. The average molecular weight is 184 g/mol. The van der Waals surface area contributed by atoms with Crippen molar-refractivity contribution in [1.82, 2.24) is 9.78 Å². The lowest BCUT2D eigenvalue weighted by Crippen LogP contribution is -2.10. The highest BCUT2D eigenvalue weighted by Crippen LogP contribution is 2.17. The third kappa shape index (κ3) is 1.80. The van der Waals surface area contributed by atoms with Gasteiger partial charge in [-0.2, -0.15) is 5.10 Å². The second kappa shape index (κ2) is 3.93. The Morgan fingerprint density at radius 2 is 2.38 bits per heavy atom. The number of carbonyl (C=O) groups is 1. The number of carboxylic acid groups (broad SMARTS) is 1. The second-order valence-corrected chi connectivity index (χ2v) is 2.41. The molecule has 0 aliphatic carbocycles. The lowest BCUT2D eigenvalue weighted by Gasteiger charge is -2.02. The average Bonchev–Trinajstić information content (AvgIpc) is 2.48. The standard InChI is InChI=1S/C8H12N2O3/c1-3-10-7(8(11)12)6(5-9-10)13-4-2/h5H,3-4H2,1-2H3,(H,11,12). The summed E-state index contributed by atoms with van der Waals surface area (Å²) in [6.07, 6.45) is 1.43. The fourth-order valence-electron chi connectivity index (χ4n) is 1.08. The molecule has 5 heteroatoms. The molecule has 0 radical (unpaired) electrons. The molecule has 0 aliphatic rings. The van der Waals surface area contributed by atoms with Gasteiger partial charge < -0.3 is 9.84 Å². The van der Waals surface area contributed by atoms with Crippen LogP contribution in [0, 0.1) is 0 Å².